The molecule has 2 aliphatic rings. The summed E-state index contributed by atoms with van der Waals surface area (Å²) in [7, 11) is 0. The average Bonchev–Trinajstić information content (AvgIpc) is 3.17. The van der Waals surface area contributed by atoms with E-state index in [0.29, 0.717) is 49.7 Å². The van der Waals surface area contributed by atoms with E-state index in [1.54, 1.807) is 23.1 Å². The van der Waals surface area contributed by atoms with Crippen molar-refractivity contribution < 1.29 is 23.4 Å². The molecular formula is C21H22FNO4. The summed E-state index contributed by atoms with van der Waals surface area (Å²) >= 11 is 0. The molecule has 0 spiro atoms. The Bertz CT molecular complexity index is 820. The Morgan fingerprint density at radius 2 is 1.81 bits per heavy atom. The number of carbonyl (C=O) groups excluding carboxylic acids is 1. The van der Waals surface area contributed by atoms with Crippen LogP contribution in [0.1, 0.15) is 24.0 Å². The highest BCUT2D eigenvalue weighted by Crippen LogP contribution is 2.33. The number of ether oxygens (including phenoxy) is 3. The van der Waals surface area contributed by atoms with Gasteiger partial charge in [0, 0.05) is 37.8 Å². The molecule has 6 heteroatoms. The maximum absolute atomic E-state index is 14.2. The normalized spacial score (nSPS) is 16.3. The number of nitrogens with zero attached hydrogens (tertiary/aromatic N) is 1. The van der Waals surface area contributed by atoms with E-state index in [9.17, 15) is 9.18 Å². The van der Waals surface area contributed by atoms with Crippen LogP contribution in [0.15, 0.2) is 42.5 Å². The lowest BCUT2D eigenvalue weighted by Crippen LogP contribution is -2.38. The second-order valence-corrected chi connectivity index (χ2v) is 6.86. The van der Waals surface area contributed by atoms with Crippen LogP contribution in [0.4, 0.5) is 4.39 Å². The minimum Gasteiger partial charge on any atom is -0.454 e. The maximum Gasteiger partial charge on any atom is 0.231 e. The summed E-state index contributed by atoms with van der Waals surface area (Å²) in [6.45, 7) is 2.01. The molecule has 2 aromatic carbocycles. The zero-order valence-corrected chi connectivity index (χ0v) is 15.0. The minimum absolute atomic E-state index is 0.0409. The van der Waals surface area contributed by atoms with Gasteiger partial charge in [-0.25, -0.2) is 4.39 Å². The van der Waals surface area contributed by atoms with Gasteiger partial charge in [0.05, 0.1) is 0 Å². The zero-order valence-electron chi connectivity index (χ0n) is 15.0. The van der Waals surface area contributed by atoms with Gasteiger partial charge in [-0.3, -0.25) is 4.79 Å². The topological polar surface area (TPSA) is 48.0 Å². The van der Waals surface area contributed by atoms with Crippen LogP contribution < -0.4 is 9.47 Å². The number of carbonyl (C=O) groups is 1. The monoisotopic (exact) mass is 371 g/mol. The summed E-state index contributed by atoms with van der Waals surface area (Å²) in [4.78, 5) is 14.9. The first-order valence-corrected chi connectivity index (χ1v) is 9.19. The lowest BCUT2D eigenvalue weighted by atomic mass is 9.98. The van der Waals surface area contributed by atoms with Crippen LogP contribution in [0.3, 0.4) is 0 Å². The van der Waals surface area contributed by atoms with Crippen LogP contribution in [0, 0.1) is 11.7 Å². The zero-order chi connectivity index (χ0) is 18.6. The molecule has 0 bridgehead atoms. The molecule has 5 nitrogen and oxygen atoms in total. The Morgan fingerprint density at radius 1 is 1.04 bits per heavy atom. The minimum atomic E-state index is -0.298. The van der Waals surface area contributed by atoms with Crippen molar-refractivity contribution in [3.8, 4) is 11.5 Å². The number of rotatable bonds is 5. The molecule has 2 aliphatic heterocycles. The second kappa shape index (κ2) is 7.96. The molecule has 1 amide bonds. The van der Waals surface area contributed by atoms with Gasteiger partial charge in [-0.15, -0.1) is 0 Å². The van der Waals surface area contributed by atoms with Crippen molar-refractivity contribution in [1.29, 1.82) is 0 Å². The largest absolute Gasteiger partial charge is 0.454 e. The third-order valence-electron chi connectivity index (χ3n) is 5.01. The van der Waals surface area contributed by atoms with Crippen LogP contribution in [-0.2, 0) is 22.6 Å². The first-order chi connectivity index (χ1) is 13.2. The summed E-state index contributed by atoms with van der Waals surface area (Å²) in [5, 5.41) is 0. The number of fused-ring (bicyclic) bond motifs is 1. The molecule has 2 heterocycles. The van der Waals surface area contributed by atoms with Crippen molar-refractivity contribution in [2.75, 3.05) is 20.0 Å². The number of amides is 1. The van der Waals surface area contributed by atoms with Crippen LogP contribution >= 0.6 is 0 Å². The molecular weight excluding hydrogens is 349 g/mol. The third-order valence-corrected chi connectivity index (χ3v) is 5.01. The molecule has 1 saturated heterocycles. The van der Waals surface area contributed by atoms with Crippen LogP contribution in [0.2, 0.25) is 0 Å². The summed E-state index contributed by atoms with van der Waals surface area (Å²) in [5.41, 5.74) is 1.44. The highest BCUT2D eigenvalue weighted by atomic mass is 19.1. The van der Waals surface area contributed by atoms with E-state index >= 15 is 0 Å². The second-order valence-electron chi connectivity index (χ2n) is 6.86. The molecule has 0 aromatic heterocycles. The average molecular weight is 371 g/mol. The molecule has 0 aliphatic carbocycles. The number of hydrogen-bond donors (Lipinski definition) is 0. The molecule has 0 N–H and O–H groups in total. The predicted molar refractivity (Wildman–Crippen MR) is 96.8 cm³/mol. The van der Waals surface area contributed by atoms with Gasteiger partial charge in [-0.1, -0.05) is 24.3 Å². The SMILES string of the molecule is O=C(C1CCOCC1)N(Cc1ccc2c(c1)OCO2)Cc1ccccc1F. The van der Waals surface area contributed by atoms with Crippen molar-refractivity contribution in [3.05, 3.63) is 59.4 Å². The lowest BCUT2D eigenvalue weighted by molar-refractivity contribution is -0.139. The molecule has 4 rings (SSSR count). The molecule has 0 unspecified atom stereocenters. The fraction of sp³-hybridized carbons (Fsp3) is 0.381. The standard InChI is InChI=1S/C21H22FNO4/c22-18-4-2-1-3-17(18)13-23(21(24)16-7-9-25-10-8-16)12-15-5-6-19-20(11-15)27-14-26-19/h1-6,11,16H,7-10,12-14H2. The number of halogens is 1. The van der Waals surface area contributed by atoms with E-state index in [1.807, 2.05) is 18.2 Å². The van der Waals surface area contributed by atoms with Gasteiger partial charge >= 0.3 is 0 Å². The molecule has 142 valence electrons. The molecule has 0 saturated carbocycles. The van der Waals surface area contributed by atoms with Crippen LogP contribution in [-0.4, -0.2) is 30.8 Å². The first-order valence-electron chi connectivity index (χ1n) is 9.19. The molecule has 2 aromatic rings. The van der Waals surface area contributed by atoms with E-state index in [1.165, 1.54) is 6.07 Å². The molecule has 1 fully saturated rings. The third kappa shape index (κ3) is 4.06. The van der Waals surface area contributed by atoms with Gasteiger partial charge in [0.1, 0.15) is 5.82 Å². The van der Waals surface area contributed by atoms with E-state index in [4.69, 9.17) is 14.2 Å². The van der Waals surface area contributed by atoms with E-state index in [-0.39, 0.29) is 31.0 Å². The summed E-state index contributed by atoms with van der Waals surface area (Å²) in [6.07, 6.45) is 1.40. The van der Waals surface area contributed by atoms with Gasteiger partial charge < -0.3 is 19.1 Å². The van der Waals surface area contributed by atoms with Gasteiger partial charge in [0.2, 0.25) is 12.7 Å². The lowest BCUT2D eigenvalue weighted by Gasteiger charge is -2.30. The van der Waals surface area contributed by atoms with Crippen molar-refractivity contribution in [2.45, 2.75) is 25.9 Å². The Hall–Kier alpha value is -2.60. The molecule has 27 heavy (non-hydrogen) atoms. The first kappa shape index (κ1) is 17.8. The Balaban J connectivity index is 1.56. The Labute approximate surface area is 157 Å². The van der Waals surface area contributed by atoms with Gasteiger partial charge in [-0.05, 0) is 36.6 Å². The molecule has 0 radical (unpaired) electrons. The van der Waals surface area contributed by atoms with Crippen LogP contribution in [0.5, 0.6) is 11.5 Å². The smallest absolute Gasteiger partial charge is 0.231 e. The fourth-order valence-corrected chi connectivity index (χ4v) is 3.51. The van der Waals surface area contributed by atoms with Crippen molar-refractivity contribution in [2.24, 2.45) is 5.92 Å². The maximum atomic E-state index is 14.2. The van der Waals surface area contributed by atoms with Gasteiger partial charge in [0.25, 0.3) is 0 Å². The van der Waals surface area contributed by atoms with Crippen molar-refractivity contribution >= 4 is 5.91 Å². The predicted octanol–water partition coefficient (Wildman–Crippen LogP) is 3.51. The summed E-state index contributed by atoms with van der Waals surface area (Å²) in [5.74, 6) is 1.04. The summed E-state index contributed by atoms with van der Waals surface area (Å²) < 4.78 is 30.3. The van der Waals surface area contributed by atoms with Crippen LogP contribution in [0.25, 0.3) is 0 Å². The molecule has 0 atom stereocenters. The quantitative estimate of drug-likeness (QED) is 0.807. The number of benzene rings is 2. The highest BCUT2D eigenvalue weighted by molar-refractivity contribution is 5.79. The van der Waals surface area contributed by atoms with Crippen molar-refractivity contribution in [3.63, 3.8) is 0 Å². The Morgan fingerprint density at radius 3 is 2.63 bits per heavy atom. The highest BCUT2D eigenvalue weighted by Gasteiger charge is 2.27. The van der Waals surface area contributed by atoms with Gasteiger partial charge in [-0.2, -0.15) is 0 Å². The van der Waals surface area contributed by atoms with Gasteiger partial charge in [0.15, 0.2) is 11.5 Å². The van der Waals surface area contributed by atoms with E-state index in [2.05, 4.69) is 0 Å². The van der Waals surface area contributed by atoms with E-state index < -0.39 is 0 Å². The van der Waals surface area contributed by atoms with Crippen molar-refractivity contribution in [1.82, 2.24) is 4.90 Å². The summed E-state index contributed by atoms with van der Waals surface area (Å²) in [6, 6.07) is 12.2. The number of hydrogen-bond acceptors (Lipinski definition) is 4. The van der Waals surface area contributed by atoms with E-state index in [0.717, 1.165) is 5.56 Å². The fourth-order valence-electron chi connectivity index (χ4n) is 3.51. The Kier molecular flexibility index (Phi) is 5.25.